The fourth-order valence-corrected chi connectivity index (χ4v) is 16.6. The van der Waals surface area contributed by atoms with Gasteiger partial charge in [0.05, 0.1) is 28.4 Å². The molecule has 430 valence electrons. The SMILES string of the molecule is CCCCC(CC)Cc1ccc(-c2c3cc(-c4ccc(N(c5ccc(OC)cc5)c5ccc(OC)cc5)cc4)sc3c(-c3ccc(CC(CC)CCCC)s3)c3cc(-c4ccc(N(c5ccc(OC)cc5)c5ccc(OC)cc5)cc4)sc23)s1. The van der Waals surface area contributed by atoms with Crippen LogP contribution in [0, 0.1) is 11.8 Å². The third kappa shape index (κ3) is 12.7. The van der Waals surface area contributed by atoms with Gasteiger partial charge in [-0.25, -0.2) is 0 Å². The lowest BCUT2D eigenvalue weighted by atomic mass is 9.95. The summed E-state index contributed by atoms with van der Waals surface area (Å²) in [5.41, 5.74) is 11.4. The molecule has 84 heavy (non-hydrogen) atoms. The van der Waals surface area contributed by atoms with Crippen LogP contribution in [0.5, 0.6) is 23.0 Å². The Labute approximate surface area is 513 Å². The number of anilines is 6. The molecule has 0 saturated carbocycles. The Morgan fingerprint density at radius 3 is 0.917 bits per heavy atom. The molecule has 11 aromatic rings. The van der Waals surface area contributed by atoms with E-state index in [0.717, 1.165) is 70.0 Å². The predicted octanol–water partition coefficient (Wildman–Crippen LogP) is 23.4. The van der Waals surface area contributed by atoms with E-state index in [4.69, 9.17) is 18.9 Å². The summed E-state index contributed by atoms with van der Waals surface area (Å²) < 4.78 is 25.0. The van der Waals surface area contributed by atoms with Crippen molar-refractivity contribution in [1.82, 2.24) is 0 Å². The lowest BCUT2D eigenvalue weighted by Crippen LogP contribution is -2.09. The van der Waals surface area contributed by atoms with E-state index in [1.54, 1.807) is 28.4 Å². The van der Waals surface area contributed by atoms with Gasteiger partial charge in [-0.2, -0.15) is 0 Å². The fourth-order valence-electron chi connectivity index (χ4n) is 11.6. The van der Waals surface area contributed by atoms with Crippen LogP contribution >= 0.6 is 45.3 Å². The van der Waals surface area contributed by atoms with Crippen LogP contribution in [0.1, 0.15) is 88.8 Å². The highest BCUT2D eigenvalue weighted by Crippen LogP contribution is 2.55. The molecule has 0 N–H and O–H groups in total. The molecule has 4 aromatic heterocycles. The van der Waals surface area contributed by atoms with E-state index in [-0.39, 0.29) is 0 Å². The number of hydrogen-bond donors (Lipinski definition) is 0. The summed E-state index contributed by atoms with van der Waals surface area (Å²) in [5, 5.41) is 2.66. The quantitative estimate of drug-likeness (QED) is 0.0538. The van der Waals surface area contributed by atoms with Crippen LogP contribution < -0.4 is 28.7 Å². The first-order valence-electron chi connectivity index (χ1n) is 29.8. The van der Waals surface area contributed by atoms with Crippen molar-refractivity contribution in [1.29, 1.82) is 0 Å². The summed E-state index contributed by atoms with van der Waals surface area (Å²) >= 11 is 7.90. The molecule has 0 bridgehead atoms. The molecule has 0 aliphatic heterocycles. The van der Waals surface area contributed by atoms with E-state index in [2.05, 4.69) is 171 Å². The zero-order valence-electron chi connectivity index (χ0n) is 49.7. The van der Waals surface area contributed by atoms with Crippen molar-refractivity contribution in [2.75, 3.05) is 38.2 Å². The molecule has 2 atom stereocenters. The van der Waals surface area contributed by atoms with Crippen LogP contribution in [0.3, 0.4) is 0 Å². The molecule has 0 saturated heterocycles. The maximum Gasteiger partial charge on any atom is 0.119 e. The van der Waals surface area contributed by atoms with Crippen LogP contribution in [-0.2, 0) is 12.8 Å². The van der Waals surface area contributed by atoms with Gasteiger partial charge in [0.15, 0.2) is 0 Å². The fraction of sp³-hybridized carbons (Fsp3) is 0.270. The van der Waals surface area contributed by atoms with Crippen molar-refractivity contribution >= 4 is 99.6 Å². The van der Waals surface area contributed by atoms with Gasteiger partial charge in [0.1, 0.15) is 23.0 Å². The topological polar surface area (TPSA) is 43.4 Å². The largest absolute Gasteiger partial charge is 0.497 e. The summed E-state index contributed by atoms with van der Waals surface area (Å²) in [6.45, 7) is 9.37. The Balaban J connectivity index is 1.07. The highest BCUT2D eigenvalue weighted by molar-refractivity contribution is 7.26. The second kappa shape index (κ2) is 27.1. The van der Waals surface area contributed by atoms with Gasteiger partial charge in [0.2, 0.25) is 0 Å². The lowest BCUT2D eigenvalue weighted by Gasteiger charge is -2.26. The standard InChI is InChI=1S/C74H76N2O4S4/c1-9-13-15-49(11-3)45-63-41-43-67(81-63)71-65-47-69(51-17-21-53(22-18-51)75(55-25-33-59(77-5)34-26-55)56-27-35-60(78-6)36-28-56)84-74(65)72(68-44-42-64(82-68)46-50(12-4)16-14-10-2)66-48-70(83-73(66)71)52-19-23-54(24-20-52)76(57-29-37-61(79-7)38-30-57)58-31-39-62(80-8)40-32-58/h17-44,47-50H,9-16,45-46H2,1-8H3. The third-order valence-corrected chi connectivity index (χ3v) is 21.1. The van der Waals surface area contributed by atoms with E-state index in [1.165, 1.54) is 123 Å². The van der Waals surface area contributed by atoms with E-state index < -0.39 is 0 Å². The first-order chi connectivity index (χ1) is 41.2. The van der Waals surface area contributed by atoms with E-state index in [9.17, 15) is 0 Å². The molecule has 10 heteroatoms. The van der Waals surface area contributed by atoms with Crippen molar-refractivity contribution in [2.24, 2.45) is 11.8 Å². The Hall–Kier alpha value is -7.34. The summed E-state index contributed by atoms with van der Waals surface area (Å²) in [6.07, 6.45) is 12.2. The van der Waals surface area contributed by atoms with E-state index in [1.807, 2.05) is 93.9 Å². The van der Waals surface area contributed by atoms with Gasteiger partial charge >= 0.3 is 0 Å². The molecule has 0 aliphatic rings. The minimum absolute atomic E-state index is 0.684. The molecule has 7 aromatic carbocycles. The van der Waals surface area contributed by atoms with Crippen molar-refractivity contribution < 1.29 is 18.9 Å². The molecule has 4 heterocycles. The minimum atomic E-state index is 0.684. The molecule has 0 spiro atoms. The smallest absolute Gasteiger partial charge is 0.119 e. The van der Waals surface area contributed by atoms with Crippen molar-refractivity contribution in [2.45, 2.75) is 91.9 Å². The summed E-state index contributed by atoms with van der Waals surface area (Å²) in [7, 11) is 6.84. The molecule has 2 unspecified atom stereocenters. The predicted molar refractivity (Wildman–Crippen MR) is 364 cm³/mol. The molecule has 0 fully saturated rings. The molecular weight excluding hydrogens is 1110 g/mol. The van der Waals surface area contributed by atoms with Crippen molar-refractivity contribution in [3.63, 3.8) is 0 Å². The number of hydrogen-bond acceptors (Lipinski definition) is 10. The summed E-state index contributed by atoms with van der Waals surface area (Å²) in [4.78, 5) is 12.7. The Morgan fingerprint density at radius 2 is 0.643 bits per heavy atom. The van der Waals surface area contributed by atoms with Crippen molar-refractivity contribution in [3.8, 4) is 64.8 Å². The van der Waals surface area contributed by atoms with E-state index >= 15 is 0 Å². The second-order valence-corrected chi connectivity index (χ2v) is 26.2. The van der Waals surface area contributed by atoms with Crippen molar-refractivity contribution in [3.05, 3.63) is 192 Å². The van der Waals surface area contributed by atoms with E-state index in [0.29, 0.717) is 11.8 Å². The number of unbranched alkanes of at least 4 members (excludes halogenated alkanes) is 2. The molecule has 6 nitrogen and oxygen atoms in total. The monoisotopic (exact) mass is 1180 g/mol. The number of rotatable bonds is 26. The van der Waals surface area contributed by atoms with Crippen LogP contribution in [0.4, 0.5) is 34.1 Å². The first kappa shape index (κ1) is 58.4. The van der Waals surface area contributed by atoms with Gasteiger partial charge in [0.25, 0.3) is 0 Å². The number of thiophene rings is 4. The first-order valence-corrected chi connectivity index (χ1v) is 33.1. The zero-order valence-corrected chi connectivity index (χ0v) is 53.0. The zero-order chi connectivity index (χ0) is 58.1. The van der Waals surface area contributed by atoms with Crippen LogP contribution in [0.25, 0.3) is 61.9 Å². The Kier molecular flexibility index (Phi) is 18.9. The van der Waals surface area contributed by atoms with Crippen LogP contribution in [0.2, 0.25) is 0 Å². The van der Waals surface area contributed by atoms with Gasteiger partial charge in [-0.15, -0.1) is 45.3 Å². The third-order valence-electron chi connectivity index (χ3n) is 16.5. The van der Waals surface area contributed by atoms with Gasteiger partial charge in [-0.3, -0.25) is 0 Å². The summed E-state index contributed by atoms with van der Waals surface area (Å²) in [6, 6.07) is 66.2. The Bertz CT molecular complexity index is 3490. The molecule has 0 amide bonds. The highest BCUT2D eigenvalue weighted by Gasteiger charge is 2.26. The summed E-state index contributed by atoms with van der Waals surface area (Å²) in [5.74, 6) is 4.66. The number of fused-ring (bicyclic) bond motifs is 2. The average Bonchev–Trinajstić information content (AvgIpc) is 1.82. The maximum absolute atomic E-state index is 5.57. The number of nitrogens with zero attached hydrogens (tertiary/aromatic N) is 2. The van der Waals surface area contributed by atoms with Crippen LogP contribution in [0.15, 0.2) is 182 Å². The molecule has 0 aliphatic carbocycles. The maximum atomic E-state index is 5.57. The lowest BCUT2D eigenvalue weighted by molar-refractivity contribution is 0.414. The van der Waals surface area contributed by atoms with Gasteiger partial charge in [-0.05, 0) is 194 Å². The molecular formula is C74H76N2O4S4. The second-order valence-electron chi connectivity index (χ2n) is 21.8. The molecule has 0 radical (unpaired) electrons. The molecule has 11 rings (SSSR count). The number of methoxy groups -OCH3 is 4. The van der Waals surface area contributed by atoms with Crippen LogP contribution in [-0.4, -0.2) is 28.4 Å². The van der Waals surface area contributed by atoms with Gasteiger partial charge in [-0.1, -0.05) is 103 Å². The highest BCUT2D eigenvalue weighted by atomic mass is 32.1. The average molecular weight is 1190 g/mol. The normalized spacial score (nSPS) is 12.2. The minimum Gasteiger partial charge on any atom is -0.497 e. The van der Waals surface area contributed by atoms with Gasteiger partial charge < -0.3 is 28.7 Å². The number of ether oxygens (including phenoxy) is 4. The Morgan fingerprint density at radius 1 is 0.345 bits per heavy atom. The van der Waals surface area contributed by atoms with Gasteiger partial charge in [0, 0.05) is 94.7 Å². The number of benzene rings is 7.